The lowest BCUT2D eigenvalue weighted by atomic mass is 10.1. The lowest BCUT2D eigenvalue weighted by Gasteiger charge is -2.02. The molecule has 10 heavy (non-hydrogen) atoms. The minimum absolute atomic E-state index is 0.140. The van der Waals surface area contributed by atoms with E-state index in [-0.39, 0.29) is 11.7 Å². The molecule has 0 aliphatic heterocycles. The van der Waals surface area contributed by atoms with Gasteiger partial charge in [-0.3, -0.25) is 4.79 Å². The van der Waals surface area contributed by atoms with Crippen LogP contribution in [0.25, 0.3) is 0 Å². The van der Waals surface area contributed by atoms with Crippen molar-refractivity contribution in [3.63, 3.8) is 0 Å². The largest absolute Gasteiger partial charge is 0.490 e. The molecular formula is C8H12O2. The highest BCUT2D eigenvalue weighted by Gasteiger charge is 2.23. The number of carbonyl (C=O) groups is 1. The second-order valence-electron chi connectivity index (χ2n) is 2.50. The number of Topliss-reactive ketones (excluding diaryl/α,β-unsaturated/α-hetero) is 1. The van der Waals surface area contributed by atoms with Crippen LogP contribution in [-0.2, 0) is 9.53 Å². The Morgan fingerprint density at radius 1 is 1.80 bits per heavy atom. The van der Waals surface area contributed by atoms with Gasteiger partial charge < -0.3 is 4.74 Å². The quantitative estimate of drug-likeness (QED) is 0.581. The number of hydrogen-bond acceptors (Lipinski definition) is 2. The molecule has 0 amide bonds. The first-order valence-corrected chi connectivity index (χ1v) is 3.63. The molecule has 0 heterocycles. The normalized spacial score (nSPS) is 24.8. The predicted molar refractivity (Wildman–Crippen MR) is 38.5 cm³/mol. The van der Waals surface area contributed by atoms with Gasteiger partial charge in [0.2, 0.25) is 0 Å². The van der Waals surface area contributed by atoms with Crippen LogP contribution in [0.5, 0.6) is 0 Å². The Kier molecular flexibility index (Phi) is 2.10. The van der Waals surface area contributed by atoms with Gasteiger partial charge in [0.25, 0.3) is 0 Å². The highest BCUT2D eigenvalue weighted by Crippen LogP contribution is 2.20. The van der Waals surface area contributed by atoms with Crippen LogP contribution in [-0.4, -0.2) is 12.4 Å². The molecule has 0 spiro atoms. The van der Waals surface area contributed by atoms with E-state index in [1.54, 1.807) is 0 Å². The Hall–Kier alpha value is -0.790. The van der Waals surface area contributed by atoms with Crippen LogP contribution in [0.15, 0.2) is 11.8 Å². The standard InChI is InChI=1S/C8H12O2/c1-3-10-7-5-4-6(2)8(7)9/h5-6H,3-4H2,1-2H3/t6-/m0/s1. The molecule has 2 nitrogen and oxygen atoms in total. The Labute approximate surface area is 60.9 Å². The zero-order valence-electron chi connectivity index (χ0n) is 6.39. The third-order valence-corrected chi connectivity index (χ3v) is 1.65. The van der Waals surface area contributed by atoms with Crippen molar-refractivity contribution in [1.82, 2.24) is 0 Å². The lowest BCUT2D eigenvalue weighted by Crippen LogP contribution is -2.08. The summed E-state index contributed by atoms with van der Waals surface area (Å²) >= 11 is 0. The molecule has 0 saturated heterocycles. The van der Waals surface area contributed by atoms with Gasteiger partial charge in [-0.25, -0.2) is 0 Å². The average Bonchev–Trinajstić information content (AvgIpc) is 2.20. The molecule has 0 bridgehead atoms. The average molecular weight is 140 g/mol. The van der Waals surface area contributed by atoms with Crippen LogP contribution in [0.2, 0.25) is 0 Å². The lowest BCUT2D eigenvalue weighted by molar-refractivity contribution is -0.120. The maximum Gasteiger partial charge on any atom is 0.200 e. The van der Waals surface area contributed by atoms with Crippen molar-refractivity contribution in [3.8, 4) is 0 Å². The molecule has 0 saturated carbocycles. The van der Waals surface area contributed by atoms with Crippen LogP contribution >= 0.6 is 0 Å². The Morgan fingerprint density at radius 3 is 2.90 bits per heavy atom. The fraction of sp³-hybridized carbons (Fsp3) is 0.625. The maximum atomic E-state index is 11.1. The molecule has 0 aromatic rings. The molecule has 0 N–H and O–H groups in total. The number of ether oxygens (including phenoxy) is 1. The van der Waals surface area contributed by atoms with Crippen LogP contribution < -0.4 is 0 Å². The molecule has 0 aromatic carbocycles. The third kappa shape index (κ3) is 1.20. The molecule has 1 atom stereocenters. The first-order chi connectivity index (χ1) is 4.75. The summed E-state index contributed by atoms with van der Waals surface area (Å²) in [5.41, 5.74) is 0. The minimum atomic E-state index is 0.140. The topological polar surface area (TPSA) is 26.3 Å². The molecular weight excluding hydrogens is 128 g/mol. The fourth-order valence-electron chi connectivity index (χ4n) is 1.02. The smallest absolute Gasteiger partial charge is 0.200 e. The van der Waals surface area contributed by atoms with E-state index in [1.807, 2.05) is 19.9 Å². The zero-order valence-corrected chi connectivity index (χ0v) is 6.39. The van der Waals surface area contributed by atoms with Gasteiger partial charge in [0.15, 0.2) is 11.5 Å². The van der Waals surface area contributed by atoms with Crippen molar-refractivity contribution >= 4 is 5.78 Å². The van der Waals surface area contributed by atoms with E-state index in [1.165, 1.54) is 0 Å². The van der Waals surface area contributed by atoms with E-state index in [2.05, 4.69) is 0 Å². The fourth-order valence-corrected chi connectivity index (χ4v) is 1.02. The highest BCUT2D eigenvalue weighted by molar-refractivity contribution is 5.97. The van der Waals surface area contributed by atoms with Gasteiger partial charge in [-0.15, -0.1) is 0 Å². The van der Waals surface area contributed by atoms with Gasteiger partial charge in [0, 0.05) is 5.92 Å². The number of rotatable bonds is 2. The van der Waals surface area contributed by atoms with E-state index in [0.29, 0.717) is 12.4 Å². The number of hydrogen-bond donors (Lipinski definition) is 0. The van der Waals surface area contributed by atoms with Crippen molar-refractivity contribution in [1.29, 1.82) is 0 Å². The molecule has 1 aliphatic rings. The summed E-state index contributed by atoms with van der Waals surface area (Å²) in [5, 5.41) is 0. The van der Waals surface area contributed by atoms with E-state index < -0.39 is 0 Å². The van der Waals surface area contributed by atoms with Crippen LogP contribution in [0.4, 0.5) is 0 Å². The van der Waals surface area contributed by atoms with Gasteiger partial charge in [-0.05, 0) is 19.4 Å². The van der Waals surface area contributed by atoms with Crippen molar-refractivity contribution < 1.29 is 9.53 Å². The molecule has 0 fully saturated rings. The number of allylic oxidation sites excluding steroid dienone is 2. The van der Waals surface area contributed by atoms with Gasteiger partial charge in [-0.2, -0.15) is 0 Å². The summed E-state index contributed by atoms with van der Waals surface area (Å²) in [7, 11) is 0. The summed E-state index contributed by atoms with van der Waals surface area (Å²) in [6.45, 7) is 4.40. The van der Waals surface area contributed by atoms with Crippen LogP contribution in [0.3, 0.4) is 0 Å². The van der Waals surface area contributed by atoms with E-state index in [9.17, 15) is 4.79 Å². The molecule has 1 rings (SSSR count). The molecule has 56 valence electrons. The molecule has 1 aliphatic carbocycles. The zero-order chi connectivity index (χ0) is 7.56. The second-order valence-corrected chi connectivity index (χ2v) is 2.50. The summed E-state index contributed by atoms with van der Waals surface area (Å²) in [4.78, 5) is 11.1. The first kappa shape index (κ1) is 7.32. The summed E-state index contributed by atoms with van der Waals surface area (Å²) in [6.07, 6.45) is 2.71. The maximum absolute atomic E-state index is 11.1. The molecule has 2 heteroatoms. The molecule has 0 radical (unpaired) electrons. The van der Waals surface area contributed by atoms with Crippen molar-refractivity contribution in [3.05, 3.63) is 11.8 Å². The Balaban J connectivity index is 2.54. The van der Waals surface area contributed by atoms with E-state index >= 15 is 0 Å². The van der Waals surface area contributed by atoms with Gasteiger partial charge in [0.1, 0.15) is 0 Å². The Bertz CT molecular complexity index is 170. The van der Waals surface area contributed by atoms with Gasteiger partial charge >= 0.3 is 0 Å². The van der Waals surface area contributed by atoms with E-state index in [0.717, 1.165) is 6.42 Å². The molecule has 0 aromatic heterocycles. The summed E-state index contributed by atoms with van der Waals surface area (Å²) in [6, 6.07) is 0. The van der Waals surface area contributed by atoms with Crippen molar-refractivity contribution in [2.24, 2.45) is 5.92 Å². The monoisotopic (exact) mass is 140 g/mol. The van der Waals surface area contributed by atoms with Gasteiger partial charge in [0.05, 0.1) is 6.61 Å². The van der Waals surface area contributed by atoms with Crippen molar-refractivity contribution in [2.45, 2.75) is 20.3 Å². The number of ketones is 1. The predicted octanol–water partition coefficient (Wildman–Crippen LogP) is 1.52. The van der Waals surface area contributed by atoms with E-state index in [4.69, 9.17) is 4.74 Å². The summed E-state index contributed by atoms with van der Waals surface area (Å²) in [5.74, 6) is 0.860. The van der Waals surface area contributed by atoms with Crippen LogP contribution in [0.1, 0.15) is 20.3 Å². The van der Waals surface area contributed by atoms with Gasteiger partial charge in [-0.1, -0.05) is 6.92 Å². The molecule has 0 unspecified atom stereocenters. The Morgan fingerprint density at radius 2 is 2.50 bits per heavy atom. The first-order valence-electron chi connectivity index (χ1n) is 3.63. The third-order valence-electron chi connectivity index (χ3n) is 1.65. The van der Waals surface area contributed by atoms with Crippen LogP contribution in [0, 0.1) is 5.92 Å². The SMILES string of the molecule is CCOC1=CC[C@H](C)C1=O. The van der Waals surface area contributed by atoms with Crippen molar-refractivity contribution in [2.75, 3.05) is 6.61 Å². The second kappa shape index (κ2) is 2.86. The highest BCUT2D eigenvalue weighted by atomic mass is 16.5. The number of carbonyl (C=O) groups excluding carboxylic acids is 1. The minimum Gasteiger partial charge on any atom is -0.490 e. The summed E-state index contributed by atoms with van der Waals surface area (Å²) < 4.78 is 5.10.